The van der Waals surface area contributed by atoms with Gasteiger partial charge in [0.25, 0.3) is 0 Å². The number of nitrogens with two attached hydrogens (primary N) is 1. The number of aliphatic hydroxyl groups is 2. The quantitative estimate of drug-likeness (QED) is 0.252. The van der Waals surface area contributed by atoms with Gasteiger partial charge in [-0.05, 0) is 0 Å². The average molecular weight is 124 g/mol. The van der Waals surface area contributed by atoms with Gasteiger partial charge in [0.2, 0.25) is 0 Å². The Labute approximate surface area is 44.0 Å². The molecule has 5 N–H and O–H groups in total. The van der Waals surface area contributed by atoms with Crippen molar-refractivity contribution in [3.8, 4) is 0 Å². The molecule has 44 valence electrons. The highest BCUT2D eigenvalue weighted by atomic mass is 31.0. The summed E-state index contributed by atoms with van der Waals surface area (Å²) in [5, 5.41) is 19.0. The van der Waals surface area contributed by atoms with Crippen LogP contribution in [0.5, 0.6) is 0 Å². The smallest absolute Gasteiger partial charge is 0.147 e. The van der Waals surface area contributed by atoms with Crippen LogP contribution < -0.4 is 10.8 Å². The fraction of sp³-hybridized carbons (Fsp3) is 1.00. The first kappa shape index (κ1) is 7.27. The summed E-state index contributed by atoms with van der Waals surface area (Å²) in [6, 6.07) is 0. The number of aliphatic hydroxyl groups excluding tert-OH is 2. The topological polar surface area (TPSA) is 78.5 Å². The number of hydrogen-bond donors (Lipinski definition) is 4. The molecule has 0 heterocycles. The molecule has 0 saturated carbocycles. The molecule has 7 heavy (non-hydrogen) atoms. The zero-order valence-corrected chi connectivity index (χ0v) is 4.86. The molecule has 0 spiro atoms. The third-order valence-corrected chi connectivity index (χ3v) is 0.836. The first-order chi connectivity index (χ1) is 3.18. The van der Waals surface area contributed by atoms with Crippen molar-refractivity contribution in [2.45, 2.75) is 12.5 Å². The Hall–Kier alpha value is 0.270. The van der Waals surface area contributed by atoms with Crippen molar-refractivity contribution in [3.63, 3.8) is 0 Å². The molecular formula is C2H9N2O2P. The van der Waals surface area contributed by atoms with Gasteiger partial charge in [-0.1, -0.05) is 9.39 Å². The molecule has 2 unspecified atom stereocenters. The van der Waals surface area contributed by atoms with Crippen LogP contribution >= 0.6 is 9.39 Å². The number of nitrogens with one attached hydrogen (secondary N) is 1. The summed E-state index contributed by atoms with van der Waals surface area (Å²) < 4.78 is 0. The van der Waals surface area contributed by atoms with Crippen molar-refractivity contribution < 1.29 is 10.2 Å². The second-order valence-electron chi connectivity index (χ2n) is 1.10. The molecule has 0 aromatic rings. The fourth-order valence-electron chi connectivity index (χ4n) is 0.0986. The van der Waals surface area contributed by atoms with Crippen molar-refractivity contribution in [1.82, 2.24) is 5.09 Å². The first-order valence-electron chi connectivity index (χ1n) is 1.76. The molecule has 3 atom stereocenters. The predicted octanol–water partition coefficient (Wildman–Crippen LogP) is -2.04. The zero-order valence-electron chi connectivity index (χ0n) is 3.70. The van der Waals surface area contributed by atoms with Gasteiger partial charge in [0.05, 0.1) is 0 Å². The van der Waals surface area contributed by atoms with Gasteiger partial charge in [0, 0.05) is 0 Å². The van der Waals surface area contributed by atoms with Gasteiger partial charge < -0.3 is 15.9 Å². The van der Waals surface area contributed by atoms with E-state index in [2.05, 4.69) is 5.09 Å². The Morgan fingerprint density at radius 2 is 2.00 bits per heavy atom. The molecule has 0 saturated heterocycles. The van der Waals surface area contributed by atoms with Gasteiger partial charge in [-0.15, -0.1) is 0 Å². The molecule has 0 aliphatic heterocycles. The summed E-state index contributed by atoms with van der Waals surface area (Å²) in [5.41, 5.74) is 4.78. The maximum Gasteiger partial charge on any atom is 0.147 e. The Bertz CT molecular complexity index is 51.0. The van der Waals surface area contributed by atoms with Crippen LogP contribution in [-0.4, -0.2) is 22.7 Å². The second kappa shape index (κ2) is 3.29. The lowest BCUT2D eigenvalue weighted by Crippen LogP contribution is -2.40. The SMILES string of the molecule is NC(O)[C@H](O)NP. The zero-order chi connectivity index (χ0) is 5.86. The third kappa shape index (κ3) is 2.91. The van der Waals surface area contributed by atoms with Gasteiger partial charge in [0.1, 0.15) is 12.5 Å². The van der Waals surface area contributed by atoms with Crippen molar-refractivity contribution in [1.29, 1.82) is 0 Å². The maximum absolute atomic E-state index is 8.43. The normalized spacial score (nSPS) is 18.9. The fourth-order valence-corrected chi connectivity index (χ4v) is 0.296. The lowest BCUT2D eigenvalue weighted by Gasteiger charge is -2.09. The molecule has 0 amide bonds. The van der Waals surface area contributed by atoms with E-state index in [9.17, 15) is 0 Å². The van der Waals surface area contributed by atoms with Gasteiger partial charge in [-0.3, -0.25) is 5.09 Å². The Morgan fingerprint density at radius 1 is 1.57 bits per heavy atom. The molecule has 0 rings (SSSR count). The Balaban J connectivity index is 3.14. The molecule has 0 bridgehead atoms. The van der Waals surface area contributed by atoms with Crippen LogP contribution in [0.3, 0.4) is 0 Å². The molecule has 0 aliphatic carbocycles. The van der Waals surface area contributed by atoms with Crippen molar-refractivity contribution in [2.24, 2.45) is 5.73 Å². The van der Waals surface area contributed by atoms with E-state index in [1.54, 1.807) is 0 Å². The van der Waals surface area contributed by atoms with E-state index >= 15 is 0 Å². The van der Waals surface area contributed by atoms with Crippen molar-refractivity contribution in [2.75, 3.05) is 0 Å². The van der Waals surface area contributed by atoms with Crippen LogP contribution in [0, 0.1) is 0 Å². The monoisotopic (exact) mass is 124 g/mol. The van der Waals surface area contributed by atoms with Crippen LogP contribution in [0.2, 0.25) is 0 Å². The van der Waals surface area contributed by atoms with E-state index in [0.717, 1.165) is 0 Å². The van der Waals surface area contributed by atoms with Gasteiger partial charge in [-0.25, -0.2) is 0 Å². The molecular weight excluding hydrogens is 115 g/mol. The lowest BCUT2D eigenvalue weighted by atomic mass is 10.5. The van der Waals surface area contributed by atoms with Gasteiger partial charge >= 0.3 is 0 Å². The van der Waals surface area contributed by atoms with E-state index in [-0.39, 0.29) is 0 Å². The van der Waals surface area contributed by atoms with E-state index in [1.807, 2.05) is 9.39 Å². The molecule has 0 aromatic carbocycles. The van der Waals surface area contributed by atoms with Crippen LogP contribution in [0.25, 0.3) is 0 Å². The van der Waals surface area contributed by atoms with Crippen molar-refractivity contribution in [3.05, 3.63) is 0 Å². The third-order valence-electron chi connectivity index (χ3n) is 0.494. The van der Waals surface area contributed by atoms with Gasteiger partial charge in [0.15, 0.2) is 0 Å². The minimum Gasteiger partial charge on any atom is -0.375 e. The minimum absolute atomic E-state index is 1.05. The second-order valence-corrected chi connectivity index (χ2v) is 1.44. The predicted molar refractivity (Wildman–Crippen MR) is 29.0 cm³/mol. The van der Waals surface area contributed by atoms with E-state index in [4.69, 9.17) is 15.9 Å². The van der Waals surface area contributed by atoms with Crippen LogP contribution in [0.1, 0.15) is 0 Å². The Kier molecular flexibility index (Phi) is 3.42. The summed E-state index contributed by atoms with van der Waals surface area (Å²) in [6.07, 6.45) is -2.26. The summed E-state index contributed by atoms with van der Waals surface area (Å²) >= 11 is 0. The standard InChI is InChI=1S/C2H9N2O2P/c3-1(5)2(6)4-7/h1-2,4-6H,3,7H2/t1?,2-/m0/s1. The number of hydrogen-bond acceptors (Lipinski definition) is 4. The van der Waals surface area contributed by atoms with E-state index < -0.39 is 12.5 Å². The minimum atomic E-state index is -1.21. The molecule has 4 nitrogen and oxygen atoms in total. The molecule has 0 aromatic heterocycles. The van der Waals surface area contributed by atoms with Crippen molar-refractivity contribution >= 4 is 9.39 Å². The van der Waals surface area contributed by atoms with E-state index in [0.29, 0.717) is 0 Å². The highest BCUT2D eigenvalue weighted by Crippen LogP contribution is 1.81. The van der Waals surface area contributed by atoms with Crippen LogP contribution in [-0.2, 0) is 0 Å². The highest BCUT2D eigenvalue weighted by molar-refractivity contribution is 7.13. The molecule has 0 fully saturated rings. The summed E-state index contributed by atoms with van der Waals surface area (Å²) in [6.45, 7) is 0. The largest absolute Gasteiger partial charge is 0.375 e. The van der Waals surface area contributed by atoms with Gasteiger partial charge in [-0.2, -0.15) is 0 Å². The Morgan fingerprint density at radius 3 is 2.00 bits per heavy atom. The van der Waals surface area contributed by atoms with E-state index in [1.165, 1.54) is 0 Å². The summed E-state index contributed by atoms with van der Waals surface area (Å²) in [4.78, 5) is 0. The summed E-state index contributed by atoms with van der Waals surface area (Å²) in [5.74, 6) is 0. The first-order valence-corrected chi connectivity index (χ1v) is 2.34. The lowest BCUT2D eigenvalue weighted by molar-refractivity contribution is 0.0186. The maximum atomic E-state index is 8.43. The number of rotatable bonds is 2. The highest BCUT2D eigenvalue weighted by Gasteiger charge is 2.05. The average Bonchev–Trinajstić information content (AvgIpc) is 1.65. The van der Waals surface area contributed by atoms with Crippen LogP contribution in [0.4, 0.5) is 0 Å². The van der Waals surface area contributed by atoms with Crippen LogP contribution in [0.15, 0.2) is 0 Å². The molecule has 5 heteroatoms. The molecule has 0 aliphatic rings. The molecule has 0 radical (unpaired) electrons. The summed E-state index contributed by atoms with van der Waals surface area (Å²) in [7, 11) is 2.02.